The van der Waals surface area contributed by atoms with Gasteiger partial charge < -0.3 is 0 Å². The summed E-state index contributed by atoms with van der Waals surface area (Å²) in [5, 5.41) is 0. The lowest BCUT2D eigenvalue weighted by atomic mass is 9.80. The van der Waals surface area contributed by atoms with E-state index < -0.39 is 0 Å². The van der Waals surface area contributed by atoms with Crippen molar-refractivity contribution in [3.8, 4) is 0 Å². The van der Waals surface area contributed by atoms with Crippen molar-refractivity contribution in [2.45, 2.75) is 98.8 Å². The molecule has 0 radical (unpaired) electrons. The molecule has 0 aromatic rings. The van der Waals surface area contributed by atoms with Crippen LogP contribution in [0.5, 0.6) is 0 Å². The van der Waals surface area contributed by atoms with Gasteiger partial charge in [-0.3, -0.25) is 0 Å². The molecule has 0 fully saturated rings. The fourth-order valence-electron chi connectivity index (χ4n) is 3.34. The quantitative estimate of drug-likeness (QED) is 0.289. The lowest BCUT2D eigenvalue weighted by molar-refractivity contribution is 0.264. The highest BCUT2D eigenvalue weighted by Crippen LogP contribution is 2.30. The minimum absolute atomic E-state index is 0.796. The summed E-state index contributed by atoms with van der Waals surface area (Å²) in [4.78, 5) is 0. The predicted octanol–water partition coefficient (Wildman–Crippen LogP) is 7.64. The molecule has 0 bridgehead atoms. The molecular formula is C21H42. The molecule has 0 saturated carbocycles. The number of rotatable bonds is 14. The SMILES string of the molecule is C=CCC(C)C(C)CC(CCCC)CCC(C)CCCC. The molecule has 0 nitrogen and oxygen atoms in total. The average Bonchev–Trinajstić information content (AvgIpc) is 2.47. The molecule has 0 aliphatic heterocycles. The Bertz CT molecular complexity index is 230. The van der Waals surface area contributed by atoms with Crippen molar-refractivity contribution in [2.24, 2.45) is 23.7 Å². The Kier molecular flexibility index (Phi) is 13.2. The van der Waals surface area contributed by atoms with E-state index in [-0.39, 0.29) is 0 Å². The topological polar surface area (TPSA) is 0 Å². The normalized spacial score (nSPS) is 17.2. The van der Waals surface area contributed by atoms with E-state index in [1.54, 1.807) is 0 Å². The van der Waals surface area contributed by atoms with Gasteiger partial charge in [0.05, 0.1) is 0 Å². The van der Waals surface area contributed by atoms with Crippen LogP contribution in [0.1, 0.15) is 98.8 Å². The van der Waals surface area contributed by atoms with Gasteiger partial charge in [0.2, 0.25) is 0 Å². The summed E-state index contributed by atoms with van der Waals surface area (Å²) in [5.41, 5.74) is 0. The van der Waals surface area contributed by atoms with Crippen molar-refractivity contribution < 1.29 is 0 Å². The largest absolute Gasteiger partial charge is 0.103 e. The Morgan fingerprint density at radius 2 is 1.43 bits per heavy atom. The van der Waals surface area contributed by atoms with Crippen LogP contribution in [-0.2, 0) is 0 Å². The minimum Gasteiger partial charge on any atom is -0.103 e. The standard InChI is InChI=1S/C21H42/c1-7-10-13-18(4)15-16-21(14-11-8-2)17-20(6)19(5)12-9-3/h9,18-21H,3,7-8,10-17H2,1-2,4-6H3. The minimum atomic E-state index is 0.796. The highest BCUT2D eigenvalue weighted by Gasteiger charge is 2.18. The van der Waals surface area contributed by atoms with Gasteiger partial charge in [0.25, 0.3) is 0 Å². The maximum Gasteiger partial charge on any atom is -0.0325 e. The van der Waals surface area contributed by atoms with Crippen LogP contribution in [0.25, 0.3) is 0 Å². The third-order valence-electron chi connectivity index (χ3n) is 5.30. The van der Waals surface area contributed by atoms with Crippen molar-refractivity contribution in [1.82, 2.24) is 0 Å². The van der Waals surface area contributed by atoms with Gasteiger partial charge >= 0.3 is 0 Å². The Morgan fingerprint density at radius 1 is 0.810 bits per heavy atom. The van der Waals surface area contributed by atoms with E-state index >= 15 is 0 Å². The van der Waals surface area contributed by atoms with E-state index in [9.17, 15) is 0 Å². The third kappa shape index (κ3) is 11.0. The van der Waals surface area contributed by atoms with Crippen LogP contribution < -0.4 is 0 Å². The zero-order valence-electron chi connectivity index (χ0n) is 15.7. The van der Waals surface area contributed by atoms with Gasteiger partial charge in [0, 0.05) is 0 Å². The summed E-state index contributed by atoms with van der Waals surface area (Å²) < 4.78 is 0. The second-order valence-corrected chi connectivity index (χ2v) is 7.55. The Hall–Kier alpha value is -0.260. The number of hydrogen-bond donors (Lipinski definition) is 0. The fourth-order valence-corrected chi connectivity index (χ4v) is 3.34. The summed E-state index contributed by atoms with van der Waals surface area (Å²) in [6.45, 7) is 15.8. The second-order valence-electron chi connectivity index (χ2n) is 7.55. The number of allylic oxidation sites excluding steroid dienone is 1. The lowest BCUT2D eigenvalue weighted by Gasteiger charge is -2.26. The molecule has 0 aromatic carbocycles. The van der Waals surface area contributed by atoms with Gasteiger partial charge in [0.1, 0.15) is 0 Å². The lowest BCUT2D eigenvalue weighted by Crippen LogP contribution is -2.14. The Balaban J connectivity index is 4.20. The number of unbranched alkanes of at least 4 members (excludes halogenated alkanes) is 2. The first-order valence-electron chi connectivity index (χ1n) is 9.65. The molecule has 0 N–H and O–H groups in total. The summed E-state index contributed by atoms with van der Waals surface area (Å²) in [6.07, 6.45) is 16.0. The Morgan fingerprint density at radius 3 is 2.00 bits per heavy atom. The molecule has 0 heteroatoms. The van der Waals surface area contributed by atoms with E-state index in [0.717, 1.165) is 23.7 Å². The van der Waals surface area contributed by atoms with Crippen molar-refractivity contribution in [3.63, 3.8) is 0 Å². The molecule has 0 amide bonds. The van der Waals surface area contributed by atoms with E-state index in [1.165, 1.54) is 64.2 Å². The van der Waals surface area contributed by atoms with Crippen LogP contribution in [-0.4, -0.2) is 0 Å². The molecule has 0 heterocycles. The zero-order chi connectivity index (χ0) is 16.1. The van der Waals surface area contributed by atoms with Crippen LogP contribution in [0.15, 0.2) is 12.7 Å². The first-order chi connectivity index (χ1) is 10.0. The van der Waals surface area contributed by atoms with Gasteiger partial charge in [-0.25, -0.2) is 0 Å². The summed E-state index contributed by atoms with van der Waals surface area (Å²) in [5.74, 6) is 3.52. The van der Waals surface area contributed by atoms with Crippen molar-refractivity contribution in [1.29, 1.82) is 0 Å². The van der Waals surface area contributed by atoms with Crippen LogP contribution in [0.3, 0.4) is 0 Å². The summed E-state index contributed by atoms with van der Waals surface area (Å²) in [6, 6.07) is 0. The zero-order valence-corrected chi connectivity index (χ0v) is 15.7. The Labute approximate surface area is 135 Å². The smallest absolute Gasteiger partial charge is 0.0325 e. The molecule has 0 aliphatic carbocycles. The first kappa shape index (κ1) is 20.7. The molecule has 0 aliphatic rings. The van der Waals surface area contributed by atoms with E-state index in [0.29, 0.717) is 0 Å². The van der Waals surface area contributed by atoms with E-state index in [4.69, 9.17) is 0 Å². The van der Waals surface area contributed by atoms with Crippen molar-refractivity contribution in [2.75, 3.05) is 0 Å². The summed E-state index contributed by atoms with van der Waals surface area (Å²) >= 11 is 0. The third-order valence-corrected chi connectivity index (χ3v) is 5.30. The van der Waals surface area contributed by atoms with Crippen molar-refractivity contribution >= 4 is 0 Å². The molecule has 126 valence electrons. The molecule has 4 unspecified atom stereocenters. The molecular weight excluding hydrogens is 252 g/mol. The summed E-state index contributed by atoms with van der Waals surface area (Å²) in [7, 11) is 0. The van der Waals surface area contributed by atoms with Crippen LogP contribution in [0.4, 0.5) is 0 Å². The molecule has 21 heavy (non-hydrogen) atoms. The van der Waals surface area contributed by atoms with Gasteiger partial charge in [-0.1, -0.05) is 92.1 Å². The second kappa shape index (κ2) is 13.4. The van der Waals surface area contributed by atoms with Gasteiger partial charge in [-0.2, -0.15) is 0 Å². The molecule has 0 aromatic heterocycles. The highest BCUT2D eigenvalue weighted by molar-refractivity contribution is 4.76. The van der Waals surface area contributed by atoms with Gasteiger partial charge in [-0.05, 0) is 36.5 Å². The average molecular weight is 295 g/mol. The maximum absolute atomic E-state index is 3.90. The predicted molar refractivity (Wildman–Crippen MR) is 98.7 cm³/mol. The van der Waals surface area contributed by atoms with Crippen molar-refractivity contribution in [3.05, 3.63) is 12.7 Å². The van der Waals surface area contributed by atoms with E-state index in [2.05, 4.69) is 47.3 Å². The molecule has 4 atom stereocenters. The van der Waals surface area contributed by atoms with Crippen LogP contribution >= 0.6 is 0 Å². The molecule has 0 rings (SSSR count). The molecule has 0 saturated heterocycles. The number of hydrogen-bond acceptors (Lipinski definition) is 0. The van der Waals surface area contributed by atoms with Gasteiger partial charge in [-0.15, -0.1) is 6.58 Å². The first-order valence-corrected chi connectivity index (χ1v) is 9.65. The molecule has 0 spiro atoms. The van der Waals surface area contributed by atoms with E-state index in [1.807, 2.05) is 0 Å². The highest BCUT2D eigenvalue weighted by atomic mass is 14.2. The fraction of sp³-hybridized carbons (Fsp3) is 0.905. The maximum atomic E-state index is 3.90. The van der Waals surface area contributed by atoms with Crippen LogP contribution in [0, 0.1) is 23.7 Å². The van der Waals surface area contributed by atoms with Gasteiger partial charge in [0.15, 0.2) is 0 Å². The monoisotopic (exact) mass is 294 g/mol. The van der Waals surface area contributed by atoms with Crippen LogP contribution in [0.2, 0.25) is 0 Å².